The van der Waals surface area contributed by atoms with Crippen molar-refractivity contribution in [1.82, 2.24) is 0 Å². The van der Waals surface area contributed by atoms with Crippen LogP contribution in [0.15, 0.2) is 42.5 Å². The van der Waals surface area contributed by atoms with E-state index in [9.17, 15) is 36.2 Å². The monoisotopic (exact) mass is 475 g/mol. The van der Waals surface area contributed by atoms with Gasteiger partial charge in [-0.25, -0.2) is 0 Å². The third kappa shape index (κ3) is 4.51. The number of carbonyl (C=O) groups is 1. The molecule has 0 radical (unpaired) electrons. The summed E-state index contributed by atoms with van der Waals surface area (Å²) in [5, 5.41) is 12.7. The molecular formula is C22H19F6NO4. The Bertz CT molecular complexity index is 1050. The quantitative estimate of drug-likeness (QED) is 0.635. The van der Waals surface area contributed by atoms with Crippen LogP contribution in [0.4, 0.5) is 32.0 Å². The van der Waals surface area contributed by atoms with E-state index in [1.807, 2.05) is 0 Å². The average molecular weight is 475 g/mol. The van der Waals surface area contributed by atoms with Gasteiger partial charge < -0.3 is 19.9 Å². The molecule has 2 fully saturated rings. The first-order chi connectivity index (χ1) is 15.4. The van der Waals surface area contributed by atoms with Gasteiger partial charge in [0.15, 0.2) is 0 Å². The lowest BCUT2D eigenvalue weighted by molar-refractivity contribution is -0.138. The Morgan fingerprint density at radius 2 is 1.76 bits per heavy atom. The molecule has 178 valence electrons. The molecule has 5 nitrogen and oxygen atoms in total. The first-order valence-corrected chi connectivity index (χ1v) is 9.96. The zero-order valence-corrected chi connectivity index (χ0v) is 17.1. The first kappa shape index (κ1) is 23.4. The minimum atomic E-state index is -4.69. The highest BCUT2D eigenvalue weighted by molar-refractivity contribution is 5.94. The molecular weight excluding hydrogens is 456 g/mol. The maximum absolute atomic E-state index is 13.2. The normalized spacial score (nSPS) is 27.0. The van der Waals surface area contributed by atoms with Crippen LogP contribution in [0.25, 0.3) is 0 Å². The fraction of sp³-hybridized carbons (Fsp3) is 0.409. The van der Waals surface area contributed by atoms with Gasteiger partial charge in [0.25, 0.3) is 0 Å². The lowest BCUT2D eigenvalue weighted by Crippen LogP contribution is -2.41. The molecule has 2 aromatic rings. The number of fused-ring (bicyclic) bond motifs is 2. The van der Waals surface area contributed by atoms with Gasteiger partial charge in [0, 0.05) is 24.1 Å². The molecule has 11 heteroatoms. The summed E-state index contributed by atoms with van der Waals surface area (Å²) >= 11 is 0. The summed E-state index contributed by atoms with van der Waals surface area (Å²) in [4.78, 5) is 13.1. The average Bonchev–Trinajstić information content (AvgIpc) is 3.29. The number of ether oxygens (including phenoxy) is 2. The molecule has 4 rings (SSSR count). The van der Waals surface area contributed by atoms with Gasteiger partial charge in [0.1, 0.15) is 5.75 Å². The number of benzene rings is 2. The van der Waals surface area contributed by atoms with Crippen molar-refractivity contribution in [3.63, 3.8) is 0 Å². The first-order valence-electron chi connectivity index (χ1n) is 9.96. The van der Waals surface area contributed by atoms with Crippen molar-refractivity contribution in [2.45, 2.75) is 43.0 Å². The highest BCUT2D eigenvalue weighted by Crippen LogP contribution is 2.50. The fourth-order valence-corrected chi connectivity index (χ4v) is 4.54. The predicted molar refractivity (Wildman–Crippen MR) is 104 cm³/mol. The number of rotatable bonds is 4. The van der Waals surface area contributed by atoms with Crippen LogP contribution in [0.5, 0.6) is 5.75 Å². The molecule has 5 atom stereocenters. The van der Waals surface area contributed by atoms with Crippen molar-refractivity contribution in [3.8, 4) is 5.75 Å². The number of hydrogen-bond donors (Lipinski definition) is 2. The van der Waals surface area contributed by atoms with E-state index in [4.69, 9.17) is 9.47 Å². The molecule has 0 aliphatic carbocycles. The van der Waals surface area contributed by atoms with Gasteiger partial charge in [-0.1, -0.05) is 18.2 Å². The Morgan fingerprint density at radius 1 is 1.06 bits per heavy atom. The lowest BCUT2D eigenvalue weighted by Gasteiger charge is -2.30. The van der Waals surface area contributed by atoms with Crippen LogP contribution >= 0.6 is 0 Å². The summed E-state index contributed by atoms with van der Waals surface area (Å²) in [6, 6.07) is 7.11. The summed E-state index contributed by atoms with van der Waals surface area (Å²) in [5.41, 5.74) is -1.99. The van der Waals surface area contributed by atoms with E-state index in [0.29, 0.717) is 0 Å². The summed E-state index contributed by atoms with van der Waals surface area (Å²) in [6.45, 7) is 0. The molecule has 2 N–H and O–H groups in total. The van der Waals surface area contributed by atoms with Crippen LogP contribution < -0.4 is 10.1 Å². The number of methoxy groups -OCH3 is 1. The number of carbonyl (C=O) groups excluding carboxylic acids is 1. The molecule has 2 bridgehead atoms. The van der Waals surface area contributed by atoms with E-state index in [1.54, 1.807) is 0 Å². The molecule has 2 aromatic carbocycles. The highest BCUT2D eigenvalue weighted by atomic mass is 19.4. The summed E-state index contributed by atoms with van der Waals surface area (Å²) < 4.78 is 89.8. The maximum atomic E-state index is 13.2. The van der Waals surface area contributed by atoms with E-state index in [-0.39, 0.29) is 23.4 Å². The second-order valence-corrected chi connectivity index (χ2v) is 8.05. The number of alkyl halides is 6. The molecule has 33 heavy (non-hydrogen) atoms. The molecule has 0 aromatic heterocycles. The van der Waals surface area contributed by atoms with Gasteiger partial charge in [0.2, 0.25) is 5.91 Å². The SMILES string of the molecule is COc1cc(NC(=O)[C@@H]2[C@@H](c3cccc(C(F)(F)F)c3)[C@H]3O[C@@H]2C[C@@H]3O)cc(C(F)(F)F)c1. The Balaban J connectivity index is 1.66. The minimum Gasteiger partial charge on any atom is -0.497 e. The Hall–Kier alpha value is -2.79. The molecule has 2 aliphatic heterocycles. The van der Waals surface area contributed by atoms with Gasteiger partial charge >= 0.3 is 12.4 Å². The second-order valence-electron chi connectivity index (χ2n) is 8.05. The van der Waals surface area contributed by atoms with Crippen LogP contribution in [0.1, 0.15) is 29.0 Å². The number of hydrogen-bond acceptors (Lipinski definition) is 4. The second kappa shape index (κ2) is 8.21. The van der Waals surface area contributed by atoms with E-state index >= 15 is 0 Å². The largest absolute Gasteiger partial charge is 0.497 e. The molecule has 0 unspecified atom stereocenters. The molecule has 0 saturated carbocycles. The smallest absolute Gasteiger partial charge is 0.416 e. The zero-order chi connectivity index (χ0) is 24.1. The highest BCUT2D eigenvalue weighted by Gasteiger charge is 2.57. The van der Waals surface area contributed by atoms with Crippen molar-refractivity contribution in [1.29, 1.82) is 0 Å². The number of halogens is 6. The van der Waals surface area contributed by atoms with Crippen LogP contribution in [0.2, 0.25) is 0 Å². The van der Waals surface area contributed by atoms with Crippen LogP contribution in [-0.4, -0.2) is 36.4 Å². The van der Waals surface area contributed by atoms with E-state index in [2.05, 4.69) is 5.32 Å². The standard InChI is InChI=1S/C22H19F6NO4/c1-32-14-7-12(22(26,27)28)6-13(8-14)29-20(31)18-16-9-15(30)19(33-16)17(18)10-3-2-4-11(5-10)21(23,24)25/h2-8,15-19,30H,9H2,1H3,(H,29,31)/t15-,16+,17+,18-,19-/m0/s1. The van der Waals surface area contributed by atoms with Crippen molar-refractivity contribution in [2.75, 3.05) is 12.4 Å². The topological polar surface area (TPSA) is 67.8 Å². The Labute approximate surface area is 184 Å². The molecule has 2 heterocycles. The van der Waals surface area contributed by atoms with Gasteiger partial charge in [0.05, 0.1) is 42.5 Å². The molecule has 2 aliphatic rings. The maximum Gasteiger partial charge on any atom is 0.416 e. The summed E-state index contributed by atoms with van der Waals surface area (Å²) in [5.74, 6) is -2.77. The predicted octanol–water partition coefficient (Wildman–Crippen LogP) is 4.60. The van der Waals surface area contributed by atoms with Gasteiger partial charge in [-0.3, -0.25) is 4.79 Å². The van der Waals surface area contributed by atoms with Crippen molar-refractivity contribution >= 4 is 11.6 Å². The van der Waals surface area contributed by atoms with Gasteiger partial charge in [-0.15, -0.1) is 0 Å². The molecule has 0 spiro atoms. The van der Waals surface area contributed by atoms with Crippen molar-refractivity contribution in [2.24, 2.45) is 5.92 Å². The number of amides is 1. The van der Waals surface area contributed by atoms with Gasteiger partial charge in [-0.05, 0) is 23.8 Å². The van der Waals surface area contributed by atoms with E-state index in [0.717, 1.165) is 24.3 Å². The Kier molecular flexibility index (Phi) is 5.81. The number of anilines is 1. The molecule has 1 amide bonds. The Morgan fingerprint density at radius 3 is 2.39 bits per heavy atom. The molecule has 2 saturated heterocycles. The van der Waals surface area contributed by atoms with Crippen LogP contribution in [-0.2, 0) is 21.9 Å². The lowest BCUT2D eigenvalue weighted by atomic mass is 9.73. The summed E-state index contributed by atoms with van der Waals surface area (Å²) in [6.07, 6.45) is -11.9. The fourth-order valence-electron chi connectivity index (χ4n) is 4.54. The third-order valence-corrected chi connectivity index (χ3v) is 5.97. The van der Waals surface area contributed by atoms with Gasteiger partial charge in [-0.2, -0.15) is 26.3 Å². The van der Waals surface area contributed by atoms with E-state index in [1.165, 1.54) is 25.3 Å². The van der Waals surface area contributed by atoms with Crippen molar-refractivity contribution < 1.29 is 45.7 Å². The van der Waals surface area contributed by atoms with Crippen molar-refractivity contribution in [3.05, 3.63) is 59.2 Å². The van der Waals surface area contributed by atoms with E-state index < -0.39 is 59.5 Å². The number of aliphatic hydroxyl groups excluding tert-OH is 1. The number of nitrogens with one attached hydrogen (secondary N) is 1. The summed E-state index contributed by atoms with van der Waals surface area (Å²) in [7, 11) is 1.18. The minimum absolute atomic E-state index is 0.0874. The van der Waals surface area contributed by atoms with Crippen LogP contribution in [0.3, 0.4) is 0 Å². The zero-order valence-electron chi connectivity index (χ0n) is 17.1. The van der Waals surface area contributed by atoms with Crippen LogP contribution in [0, 0.1) is 5.92 Å². The third-order valence-electron chi connectivity index (χ3n) is 5.97. The number of aliphatic hydroxyl groups is 1.